The summed E-state index contributed by atoms with van der Waals surface area (Å²) in [7, 11) is -3.18. The molecule has 0 fully saturated rings. The van der Waals surface area contributed by atoms with E-state index in [-0.39, 0.29) is 17.9 Å². The maximum atomic E-state index is 11.6. The molecule has 0 aromatic carbocycles. The van der Waals surface area contributed by atoms with E-state index < -0.39 is 15.8 Å². The largest absolute Gasteiger partial charge is 0.481 e. The van der Waals surface area contributed by atoms with Gasteiger partial charge in [0.2, 0.25) is 0 Å². The molecule has 0 saturated heterocycles. The molecule has 26 heavy (non-hydrogen) atoms. The molecule has 0 radical (unpaired) electrons. The summed E-state index contributed by atoms with van der Waals surface area (Å²) >= 11 is 0. The highest BCUT2D eigenvalue weighted by atomic mass is 32.2. The molecule has 1 N–H and O–H groups in total. The van der Waals surface area contributed by atoms with Gasteiger partial charge >= 0.3 is 5.97 Å². The van der Waals surface area contributed by atoms with Crippen LogP contribution in [0.15, 0.2) is 0 Å². The zero-order valence-corrected chi connectivity index (χ0v) is 17.8. The maximum Gasteiger partial charge on any atom is 0.304 e. The Labute approximate surface area is 162 Å². The maximum absolute atomic E-state index is 11.6. The first-order chi connectivity index (χ1) is 12.5. The first-order valence-corrected chi connectivity index (χ1v) is 12.7. The van der Waals surface area contributed by atoms with Crippen molar-refractivity contribution in [2.75, 3.05) is 11.5 Å². The molecule has 0 aliphatic rings. The van der Waals surface area contributed by atoms with Crippen molar-refractivity contribution in [2.24, 2.45) is 0 Å². The van der Waals surface area contributed by atoms with Crippen molar-refractivity contribution in [3.63, 3.8) is 0 Å². The van der Waals surface area contributed by atoms with Crippen LogP contribution in [0.25, 0.3) is 0 Å². The number of carboxylic acid groups (broad SMARTS) is 1. The van der Waals surface area contributed by atoms with Gasteiger partial charge in [0.25, 0.3) is 0 Å². The van der Waals surface area contributed by atoms with E-state index in [0.29, 0.717) is 6.42 Å². The predicted octanol–water partition coefficient (Wildman–Crippen LogP) is 6.14. The van der Waals surface area contributed by atoms with Crippen LogP contribution < -0.4 is 0 Å². The van der Waals surface area contributed by atoms with Crippen molar-refractivity contribution in [1.29, 1.82) is 0 Å². The van der Waals surface area contributed by atoms with Gasteiger partial charge in [0.1, 0.15) is 0 Å². The summed E-state index contributed by atoms with van der Waals surface area (Å²) in [6, 6.07) is 0. The molecule has 0 aromatic heterocycles. The molecular weight excluding hydrogens is 348 g/mol. The number of sulfone groups is 1. The van der Waals surface area contributed by atoms with Crippen LogP contribution in [0.5, 0.6) is 0 Å². The first-order valence-electron chi connectivity index (χ1n) is 10.9. The van der Waals surface area contributed by atoms with E-state index in [1.165, 1.54) is 83.5 Å². The Morgan fingerprint density at radius 2 is 0.962 bits per heavy atom. The smallest absolute Gasteiger partial charge is 0.304 e. The second-order valence-electron chi connectivity index (χ2n) is 7.60. The van der Waals surface area contributed by atoms with Crippen LogP contribution in [0.3, 0.4) is 0 Å². The third-order valence-corrected chi connectivity index (χ3v) is 6.67. The number of unbranched alkanes of at least 4 members (excludes halogenated alkanes) is 15. The summed E-state index contributed by atoms with van der Waals surface area (Å²) < 4.78 is 23.2. The fourth-order valence-corrected chi connectivity index (χ4v) is 4.55. The molecule has 0 bridgehead atoms. The van der Waals surface area contributed by atoms with Crippen LogP contribution in [-0.4, -0.2) is 31.0 Å². The SMILES string of the molecule is CCCCCCCCCCCCCCCCCCS(=O)(=O)CCC(=O)O. The molecular formula is C21H42O4S. The zero-order valence-electron chi connectivity index (χ0n) is 17.0. The molecule has 0 heterocycles. The van der Waals surface area contributed by atoms with Crippen LogP contribution in [0.2, 0.25) is 0 Å². The standard InChI is InChI=1S/C21H42O4S/c1-2-3-4-5-6-7-8-9-10-11-12-13-14-15-16-17-19-26(24,25)20-18-21(22)23/h2-20H2,1H3,(H,22,23). The summed E-state index contributed by atoms with van der Waals surface area (Å²) in [5.41, 5.74) is 0. The van der Waals surface area contributed by atoms with Crippen molar-refractivity contribution in [1.82, 2.24) is 0 Å². The van der Waals surface area contributed by atoms with Gasteiger partial charge in [-0.25, -0.2) is 8.42 Å². The van der Waals surface area contributed by atoms with Gasteiger partial charge in [-0.3, -0.25) is 4.79 Å². The Balaban J connectivity index is 3.23. The molecule has 0 spiro atoms. The molecule has 0 aromatic rings. The Morgan fingerprint density at radius 1 is 0.615 bits per heavy atom. The minimum absolute atomic E-state index is 0.138. The lowest BCUT2D eigenvalue weighted by Gasteiger charge is -2.04. The summed E-state index contributed by atoms with van der Waals surface area (Å²) in [6.07, 6.45) is 20.0. The Kier molecular flexibility index (Phi) is 17.4. The number of hydrogen-bond acceptors (Lipinski definition) is 3. The van der Waals surface area contributed by atoms with Crippen molar-refractivity contribution in [2.45, 2.75) is 116 Å². The van der Waals surface area contributed by atoms with Crippen molar-refractivity contribution < 1.29 is 18.3 Å². The fourth-order valence-electron chi connectivity index (χ4n) is 3.21. The number of rotatable bonds is 20. The molecule has 0 saturated carbocycles. The van der Waals surface area contributed by atoms with E-state index in [0.717, 1.165) is 12.8 Å². The van der Waals surface area contributed by atoms with E-state index in [4.69, 9.17) is 5.11 Å². The van der Waals surface area contributed by atoms with Gasteiger partial charge in [-0.2, -0.15) is 0 Å². The van der Waals surface area contributed by atoms with E-state index >= 15 is 0 Å². The Hall–Kier alpha value is -0.580. The number of carboxylic acids is 1. The molecule has 0 atom stereocenters. The summed E-state index contributed by atoms with van der Waals surface area (Å²) in [6.45, 7) is 2.26. The second-order valence-corrected chi connectivity index (χ2v) is 9.90. The molecule has 0 aliphatic heterocycles. The van der Waals surface area contributed by atoms with Crippen LogP contribution in [0.1, 0.15) is 116 Å². The van der Waals surface area contributed by atoms with Gasteiger partial charge in [0.05, 0.1) is 17.9 Å². The molecule has 0 unspecified atom stereocenters. The molecule has 156 valence electrons. The molecule has 4 nitrogen and oxygen atoms in total. The van der Waals surface area contributed by atoms with Crippen LogP contribution in [0.4, 0.5) is 0 Å². The minimum Gasteiger partial charge on any atom is -0.481 e. The van der Waals surface area contributed by atoms with Crippen LogP contribution in [0, 0.1) is 0 Å². The number of carbonyl (C=O) groups is 1. The van der Waals surface area contributed by atoms with Gasteiger partial charge in [-0.15, -0.1) is 0 Å². The third-order valence-electron chi connectivity index (χ3n) is 4.94. The van der Waals surface area contributed by atoms with Gasteiger partial charge in [0.15, 0.2) is 9.84 Å². The summed E-state index contributed by atoms with van der Waals surface area (Å²) in [5, 5.41) is 8.52. The van der Waals surface area contributed by atoms with E-state index in [9.17, 15) is 13.2 Å². The lowest BCUT2D eigenvalue weighted by molar-refractivity contribution is -0.136. The van der Waals surface area contributed by atoms with E-state index in [1.54, 1.807) is 0 Å². The number of hydrogen-bond donors (Lipinski definition) is 1. The first kappa shape index (κ1) is 25.4. The molecule has 0 rings (SSSR count). The molecule has 0 amide bonds. The fraction of sp³-hybridized carbons (Fsp3) is 0.952. The Bertz CT molecular complexity index is 418. The van der Waals surface area contributed by atoms with Crippen LogP contribution in [-0.2, 0) is 14.6 Å². The quantitative estimate of drug-likeness (QED) is 0.253. The zero-order chi connectivity index (χ0) is 19.5. The van der Waals surface area contributed by atoms with Gasteiger partial charge < -0.3 is 5.11 Å². The van der Waals surface area contributed by atoms with Gasteiger partial charge in [-0.05, 0) is 6.42 Å². The lowest BCUT2D eigenvalue weighted by atomic mass is 10.0. The highest BCUT2D eigenvalue weighted by Gasteiger charge is 2.12. The second kappa shape index (κ2) is 17.8. The topological polar surface area (TPSA) is 71.4 Å². The van der Waals surface area contributed by atoms with E-state index in [1.807, 2.05) is 0 Å². The average molecular weight is 391 g/mol. The third kappa shape index (κ3) is 19.7. The molecule has 0 aliphatic carbocycles. The minimum atomic E-state index is -3.18. The van der Waals surface area contributed by atoms with E-state index in [2.05, 4.69) is 6.92 Å². The summed E-state index contributed by atoms with van der Waals surface area (Å²) in [5.74, 6) is -1.12. The summed E-state index contributed by atoms with van der Waals surface area (Å²) in [4.78, 5) is 10.4. The lowest BCUT2D eigenvalue weighted by Crippen LogP contribution is -2.14. The van der Waals surface area contributed by atoms with Gasteiger partial charge in [0, 0.05) is 0 Å². The number of aliphatic carboxylic acids is 1. The predicted molar refractivity (Wildman–Crippen MR) is 110 cm³/mol. The normalized spacial score (nSPS) is 11.7. The average Bonchev–Trinajstić information content (AvgIpc) is 2.60. The highest BCUT2D eigenvalue weighted by molar-refractivity contribution is 7.91. The Morgan fingerprint density at radius 3 is 1.31 bits per heavy atom. The van der Waals surface area contributed by atoms with Crippen molar-refractivity contribution in [3.8, 4) is 0 Å². The monoisotopic (exact) mass is 390 g/mol. The van der Waals surface area contributed by atoms with Crippen molar-refractivity contribution in [3.05, 3.63) is 0 Å². The van der Waals surface area contributed by atoms with Crippen molar-refractivity contribution >= 4 is 15.8 Å². The van der Waals surface area contributed by atoms with Crippen LogP contribution >= 0.6 is 0 Å². The van der Waals surface area contributed by atoms with Gasteiger partial charge in [-0.1, -0.05) is 103 Å². The molecule has 5 heteroatoms. The highest BCUT2D eigenvalue weighted by Crippen LogP contribution is 2.14.